The highest BCUT2D eigenvalue weighted by molar-refractivity contribution is 9.10. The first kappa shape index (κ1) is 12.8. The van der Waals surface area contributed by atoms with Crippen molar-refractivity contribution in [1.29, 1.82) is 0 Å². The van der Waals surface area contributed by atoms with Crippen LogP contribution >= 0.6 is 15.9 Å². The average molecular weight is 287 g/mol. The van der Waals surface area contributed by atoms with E-state index in [-0.39, 0.29) is 11.8 Å². The summed E-state index contributed by atoms with van der Waals surface area (Å²) in [6.45, 7) is 3.65. The number of hydrogen-bond donors (Lipinski definition) is 2. The fraction of sp³-hybridized carbons (Fsp3) is 0.364. The van der Waals surface area contributed by atoms with Gasteiger partial charge in [0.05, 0.1) is 12.8 Å². The molecule has 0 spiro atoms. The SMILES string of the molecule is COc1cc(N)cc(Br)c1NC(=O)C(C)C. The Morgan fingerprint density at radius 1 is 1.50 bits per heavy atom. The summed E-state index contributed by atoms with van der Waals surface area (Å²) in [6.07, 6.45) is 0. The van der Waals surface area contributed by atoms with Gasteiger partial charge >= 0.3 is 0 Å². The highest BCUT2D eigenvalue weighted by Gasteiger charge is 2.14. The van der Waals surface area contributed by atoms with Crippen LogP contribution in [-0.4, -0.2) is 13.0 Å². The van der Waals surface area contributed by atoms with Gasteiger partial charge in [-0.2, -0.15) is 0 Å². The third-order valence-electron chi connectivity index (χ3n) is 2.07. The lowest BCUT2D eigenvalue weighted by atomic mass is 10.2. The van der Waals surface area contributed by atoms with Gasteiger partial charge in [-0.15, -0.1) is 0 Å². The Bertz CT molecular complexity index is 405. The number of methoxy groups -OCH3 is 1. The molecule has 0 heterocycles. The molecule has 1 aromatic rings. The standard InChI is InChI=1S/C11H15BrN2O2/c1-6(2)11(15)14-10-8(12)4-7(13)5-9(10)16-3/h4-6H,13H2,1-3H3,(H,14,15). The zero-order valence-electron chi connectivity index (χ0n) is 9.50. The summed E-state index contributed by atoms with van der Waals surface area (Å²) in [4.78, 5) is 11.6. The van der Waals surface area contributed by atoms with Gasteiger partial charge in [-0.3, -0.25) is 4.79 Å². The quantitative estimate of drug-likeness (QED) is 0.840. The molecule has 0 unspecified atom stereocenters. The van der Waals surface area contributed by atoms with Crippen molar-refractivity contribution in [2.75, 3.05) is 18.2 Å². The Morgan fingerprint density at radius 3 is 2.62 bits per heavy atom. The van der Waals surface area contributed by atoms with Crippen LogP contribution in [0.25, 0.3) is 0 Å². The monoisotopic (exact) mass is 286 g/mol. The largest absolute Gasteiger partial charge is 0.494 e. The summed E-state index contributed by atoms with van der Waals surface area (Å²) in [7, 11) is 1.53. The number of rotatable bonds is 3. The first-order chi connectivity index (χ1) is 7.45. The maximum absolute atomic E-state index is 11.6. The maximum atomic E-state index is 11.6. The summed E-state index contributed by atoms with van der Waals surface area (Å²) in [5.41, 5.74) is 6.85. The minimum absolute atomic E-state index is 0.0660. The molecule has 5 heteroatoms. The second kappa shape index (κ2) is 5.21. The third-order valence-corrected chi connectivity index (χ3v) is 2.69. The first-order valence-corrected chi connectivity index (χ1v) is 5.69. The number of nitrogens with two attached hydrogens (primary N) is 1. The smallest absolute Gasteiger partial charge is 0.227 e. The van der Waals surface area contributed by atoms with E-state index in [0.717, 1.165) is 0 Å². The molecule has 3 N–H and O–H groups in total. The van der Waals surface area contributed by atoms with Crippen LogP contribution in [-0.2, 0) is 4.79 Å². The molecule has 0 aromatic heterocycles. The summed E-state index contributed by atoms with van der Waals surface area (Å²) in [6, 6.07) is 3.39. The van der Waals surface area contributed by atoms with Crippen molar-refractivity contribution in [3.05, 3.63) is 16.6 Å². The van der Waals surface area contributed by atoms with Crippen molar-refractivity contribution in [2.24, 2.45) is 5.92 Å². The van der Waals surface area contributed by atoms with E-state index in [2.05, 4.69) is 21.2 Å². The van der Waals surface area contributed by atoms with Gasteiger partial charge in [0, 0.05) is 22.1 Å². The average Bonchev–Trinajstić information content (AvgIpc) is 2.21. The van der Waals surface area contributed by atoms with Crippen LogP contribution in [0.5, 0.6) is 5.75 Å². The van der Waals surface area contributed by atoms with Crippen molar-refractivity contribution >= 4 is 33.2 Å². The summed E-state index contributed by atoms with van der Waals surface area (Å²) < 4.78 is 5.87. The van der Waals surface area contributed by atoms with Crippen LogP contribution in [0.15, 0.2) is 16.6 Å². The predicted molar refractivity (Wildman–Crippen MR) is 68.6 cm³/mol. The molecule has 1 rings (SSSR count). The Labute approximate surface area is 103 Å². The van der Waals surface area contributed by atoms with E-state index in [1.807, 2.05) is 13.8 Å². The van der Waals surface area contributed by atoms with Crippen LogP contribution in [0.4, 0.5) is 11.4 Å². The Kier molecular flexibility index (Phi) is 4.18. The van der Waals surface area contributed by atoms with E-state index >= 15 is 0 Å². The minimum atomic E-state index is -0.0887. The van der Waals surface area contributed by atoms with Crippen LogP contribution in [0.1, 0.15) is 13.8 Å². The number of carbonyl (C=O) groups is 1. The number of benzene rings is 1. The van der Waals surface area contributed by atoms with Gasteiger partial charge in [0.2, 0.25) is 5.91 Å². The van der Waals surface area contributed by atoms with E-state index < -0.39 is 0 Å². The Balaban J connectivity index is 3.07. The number of nitrogens with one attached hydrogen (secondary N) is 1. The molecule has 0 aliphatic heterocycles. The molecule has 0 aliphatic carbocycles. The third kappa shape index (κ3) is 2.88. The number of hydrogen-bond acceptors (Lipinski definition) is 3. The second-order valence-corrected chi connectivity index (χ2v) is 4.58. The summed E-state index contributed by atoms with van der Waals surface area (Å²) in [5.74, 6) is 0.388. The van der Waals surface area contributed by atoms with Gasteiger partial charge in [-0.25, -0.2) is 0 Å². The normalized spacial score (nSPS) is 10.3. The molecule has 88 valence electrons. The molecule has 0 bridgehead atoms. The first-order valence-electron chi connectivity index (χ1n) is 4.89. The van der Waals surface area contributed by atoms with Crippen LogP contribution in [0.2, 0.25) is 0 Å². The molecular weight excluding hydrogens is 272 g/mol. The van der Waals surface area contributed by atoms with Gasteiger partial charge in [-0.05, 0) is 22.0 Å². The summed E-state index contributed by atoms with van der Waals surface area (Å²) >= 11 is 3.34. The lowest BCUT2D eigenvalue weighted by Crippen LogP contribution is -2.18. The number of amides is 1. The Morgan fingerprint density at radius 2 is 2.12 bits per heavy atom. The van der Waals surface area contributed by atoms with E-state index in [4.69, 9.17) is 10.5 Å². The Hall–Kier alpha value is -1.23. The van der Waals surface area contributed by atoms with Gasteiger partial charge < -0.3 is 15.8 Å². The lowest BCUT2D eigenvalue weighted by Gasteiger charge is -2.14. The molecule has 0 aliphatic rings. The fourth-order valence-electron chi connectivity index (χ4n) is 1.15. The number of halogens is 1. The van der Waals surface area contributed by atoms with Crippen molar-refractivity contribution in [1.82, 2.24) is 0 Å². The number of anilines is 2. The molecule has 1 aromatic carbocycles. The predicted octanol–water partition coefficient (Wildman–Crippen LogP) is 2.63. The van der Waals surface area contributed by atoms with E-state index in [1.165, 1.54) is 7.11 Å². The van der Waals surface area contributed by atoms with Gasteiger partial charge in [-0.1, -0.05) is 13.8 Å². The molecule has 4 nitrogen and oxygen atoms in total. The summed E-state index contributed by atoms with van der Waals surface area (Å²) in [5, 5.41) is 2.79. The highest BCUT2D eigenvalue weighted by atomic mass is 79.9. The van der Waals surface area contributed by atoms with Gasteiger partial charge in [0.1, 0.15) is 5.75 Å². The van der Waals surface area contributed by atoms with Crippen LogP contribution in [0.3, 0.4) is 0 Å². The van der Waals surface area contributed by atoms with E-state index in [9.17, 15) is 4.79 Å². The number of carbonyl (C=O) groups excluding carboxylic acids is 1. The fourth-order valence-corrected chi connectivity index (χ4v) is 1.71. The minimum Gasteiger partial charge on any atom is -0.494 e. The zero-order valence-corrected chi connectivity index (χ0v) is 11.1. The van der Waals surface area contributed by atoms with Crippen molar-refractivity contribution < 1.29 is 9.53 Å². The lowest BCUT2D eigenvalue weighted by molar-refractivity contribution is -0.118. The highest BCUT2D eigenvalue weighted by Crippen LogP contribution is 2.35. The van der Waals surface area contributed by atoms with Crippen LogP contribution in [0, 0.1) is 5.92 Å². The molecular formula is C11H15BrN2O2. The van der Waals surface area contributed by atoms with Crippen LogP contribution < -0.4 is 15.8 Å². The van der Waals surface area contributed by atoms with Crippen molar-refractivity contribution in [3.63, 3.8) is 0 Å². The molecule has 0 saturated heterocycles. The van der Waals surface area contributed by atoms with Gasteiger partial charge in [0.15, 0.2) is 0 Å². The van der Waals surface area contributed by atoms with Crippen molar-refractivity contribution in [2.45, 2.75) is 13.8 Å². The topological polar surface area (TPSA) is 64.3 Å². The molecule has 16 heavy (non-hydrogen) atoms. The van der Waals surface area contributed by atoms with E-state index in [0.29, 0.717) is 21.6 Å². The number of ether oxygens (including phenoxy) is 1. The second-order valence-electron chi connectivity index (χ2n) is 3.72. The van der Waals surface area contributed by atoms with E-state index in [1.54, 1.807) is 12.1 Å². The molecule has 1 amide bonds. The zero-order chi connectivity index (χ0) is 12.3. The molecule has 0 radical (unpaired) electrons. The number of nitrogen functional groups attached to an aromatic ring is 1. The van der Waals surface area contributed by atoms with Gasteiger partial charge in [0.25, 0.3) is 0 Å². The molecule has 0 atom stereocenters. The molecule has 0 fully saturated rings. The molecule has 0 saturated carbocycles. The van der Waals surface area contributed by atoms with Crippen molar-refractivity contribution in [3.8, 4) is 5.75 Å². The maximum Gasteiger partial charge on any atom is 0.227 e.